The zero-order valence-electron chi connectivity index (χ0n) is 17.8. The van der Waals surface area contributed by atoms with Crippen molar-refractivity contribution in [1.82, 2.24) is 14.9 Å². The quantitative estimate of drug-likeness (QED) is 0.143. The van der Waals surface area contributed by atoms with E-state index in [-0.39, 0.29) is 6.61 Å². The van der Waals surface area contributed by atoms with Crippen LogP contribution in [-0.4, -0.2) is 77.8 Å². The number of carbonyl (C=O) groups is 4. The zero-order chi connectivity index (χ0) is 27.5. The van der Waals surface area contributed by atoms with Crippen molar-refractivity contribution in [1.29, 1.82) is 0 Å². The summed E-state index contributed by atoms with van der Waals surface area (Å²) in [5.41, 5.74) is 0.696. The highest BCUT2D eigenvalue weighted by Gasteiger charge is 2.53. The van der Waals surface area contributed by atoms with Crippen molar-refractivity contribution in [2.75, 3.05) is 13.7 Å². The number of urea groups is 1. The molecule has 1 aromatic carbocycles. The van der Waals surface area contributed by atoms with Crippen molar-refractivity contribution in [3.63, 3.8) is 0 Å². The molecule has 0 saturated carbocycles. The van der Waals surface area contributed by atoms with Gasteiger partial charge in [0.2, 0.25) is 0 Å². The lowest BCUT2D eigenvalue weighted by atomic mass is 9.96. The number of imide groups is 1. The number of hydrogen-bond donors (Lipinski definition) is 2. The third kappa shape index (κ3) is 10.9. The molecule has 198 valence electrons. The number of β-lactam (4-membered cyclic amide) rings is 1. The summed E-state index contributed by atoms with van der Waals surface area (Å²) in [6, 6.07) is 4.79. The minimum absolute atomic E-state index is 0.0778. The van der Waals surface area contributed by atoms with Gasteiger partial charge in [0.15, 0.2) is 0 Å². The molecule has 1 saturated heterocycles. The van der Waals surface area contributed by atoms with Gasteiger partial charge in [0.05, 0.1) is 7.11 Å². The number of hydrogen-bond acceptors (Lipinski definition) is 12. The minimum Gasteiger partial charge on any atom is -0.445 e. The molecular formula is C16H16Cl2N4O12S2. The summed E-state index contributed by atoms with van der Waals surface area (Å²) in [7, 11) is 1.87. The molecule has 1 aromatic rings. The van der Waals surface area contributed by atoms with Gasteiger partial charge < -0.3 is 19.5 Å². The fraction of sp³-hybridized carbons (Fsp3) is 0.312. The van der Waals surface area contributed by atoms with E-state index in [0.29, 0.717) is 10.5 Å². The summed E-state index contributed by atoms with van der Waals surface area (Å²) in [5, 5.41) is 2.23. The lowest BCUT2D eigenvalue weighted by Crippen LogP contribution is -2.74. The summed E-state index contributed by atoms with van der Waals surface area (Å²) in [6.45, 7) is -0.649. The Labute approximate surface area is 212 Å². The SMILES string of the molecule is COC(=O)OC[C@H]1[C@@H](NC(=O)OCc2ccccc2)C(=O)N1C(=O)NS(=O)(=O)Cl.O=C=NS(=O)(=O)Cl. The van der Waals surface area contributed by atoms with Gasteiger partial charge in [-0.05, 0) is 5.56 Å². The fourth-order valence-corrected chi connectivity index (χ4v) is 3.10. The predicted molar refractivity (Wildman–Crippen MR) is 119 cm³/mol. The standard InChI is InChI=1S/C15H16ClN3O9S.CClNO3S/c1-26-15(23)28-8-10-11(12(20)19(10)13(21)18-29(16,24)25)17-14(22)27-7-9-5-3-2-4-6-9;2-7(5,6)3-1-4/h2-6,10-11H,7-8H2,1H3,(H,17,22)(H,18,21);/t10-,11+;/m0./s1. The predicted octanol–water partition coefficient (Wildman–Crippen LogP) is 0.274. The molecular weight excluding hydrogens is 575 g/mol. The second kappa shape index (κ2) is 13.6. The van der Waals surface area contributed by atoms with Crippen molar-refractivity contribution >= 4 is 70.1 Å². The van der Waals surface area contributed by atoms with E-state index in [0.717, 1.165) is 13.2 Å². The van der Waals surface area contributed by atoms with Crippen LogP contribution >= 0.6 is 21.4 Å². The van der Waals surface area contributed by atoms with E-state index in [2.05, 4.69) is 29.9 Å². The molecule has 1 aliphatic rings. The maximum absolute atomic E-state index is 12.2. The van der Waals surface area contributed by atoms with Gasteiger partial charge >= 0.3 is 36.8 Å². The van der Waals surface area contributed by atoms with Gasteiger partial charge in [-0.1, -0.05) is 34.7 Å². The van der Waals surface area contributed by atoms with Crippen molar-refractivity contribution in [2.45, 2.75) is 18.7 Å². The average molecular weight is 591 g/mol. The Morgan fingerprint density at radius 1 is 1.11 bits per heavy atom. The number of carbonyl (C=O) groups excluding carboxylic acids is 5. The molecule has 0 radical (unpaired) electrons. The topological polar surface area (TPSA) is 221 Å². The number of benzene rings is 1. The minimum atomic E-state index is -4.47. The molecule has 1 aliphatic heterocycles. The maximum atomic E-state index is 12.2. The second-order valence-electron chi connectivity index (χ2n) is 6.16. The molecule has 0 bridgehead atoms. The molecule has 16 nitrogen and oxygen atoms in total. The molecule has 0 aromatic heterocycles. The second-order valence-corrected chi connectivity index (χ2v) is 10.6. The molecule has 1 heterocycles. The first kappa shape index (κ1) is 30.6. The largest absolute Gasteiger partial charge is 0.508 e. The van der Waals surface area contributed by atoms with E-state index in [1.54, 1.807) is 30.3 Å². The number of alkyl carbamates (subject to hydrolysis) is 1. The summed E-state index contributed by atoms with van der Waals surface area (Å²) in [6.07, 6.45) is -1.32. The van der Waals surface area contributed by atoms with E-state index in [1.807, 2.05) is 0 Å². The van der Waals surface area contributed by atoms with Crippen molar-refractivity contribution in [3.8, 4) is 0 Å². The molecule has 2 atom stereocenters. The van der Waals surface area contributed by atoms with Crippen LogP contribution in [-0.2, 0) is 48.9 Å². The molecule has 1 fully saturated rings. The molecule has 36 heavy (non-hydrogen) atoms. The maximum Gasteiger partial charge on any atom is 0.508 e. The summed E-state index contributed by atoms with van der Waals surface area (Å²) in [4.78, 5) is 56.8. The number of halogens is 2. The molecule has 0 spiro atoms. The Bertz CT molecular complexity index is 1240. The van der Waals surface area contributed by atoms with E-state index in [9.17, 15) is 36.0 Å². The van der Waals surface area contributed by atoms with Crippen LogP contribution in [0, 0.1) is 0 Å². The van der Waals surface area contributed by atoms with E-state index in [4.69, 9.17) is 20.2 Å². The van der Waals surface area contributed by atoms with Crippen molar-refractivity contribution in [3.05, 3.63) is 35.9 Å². The first-order valence-corrected chi connectivity index (χ1v) is 13.6. The molecule has 4 amide bonds. The molecule has 0 unspecified atom stereocenters. The van der Waals surface area contributed by atoms with E-state index >= 15 is 0 Å². The normalized spacial score (nSPS) is 16.6. The van der Waals surface area contributed by atoms with Gasteiger partial charge in [0, 0.05) is 21.4 Å². The number of nitrogens with zero attached hydrogens (tertiary/aromatic N) is 2. The number of likely N-dealkylation sites (tertiary alicyclic amines) is 1. The summed E-state index contributed by atoms with van der Waals surface area (Å²) in [5.74, 6) is -0.960. The van der Waals surface area contributed by atoms with Gasteiger partial charge in [-0.15, -0.1) is 0 Å². The van der Waals surface area contributed by atoms with Crippen LogP contribution in [0.1, 0.15) is 5.56 Å². The smallest absolute Gasteiger partial charge is 0.445 e. The number of ether oxygens (including phenoxy) is 3. The van der Waals surface area contributed by atoms with E-state index < -0.39 is 61.4 Å². The molecule has 0 aliphatic carbocycles. The Hall–Kier alpha value is -3.44. The summed E-state index contributed by atoms with van der Waals surface area (Å²) >= 11 is 0. The Morgan fingerprint density at radius 2 is 1.72 bits per heavy atom. The fourth-order valence-electron chi connectivity index (χ4n) is 2.43. The molecule has 20 heteroatoms. The molecule has 2 N–H and O–H groups in total. The zero-order valence-corrected chi connectivity index (χ0v) is 21.0. The molecule has 2 rings (SSSR count). The highest BCUT2D eigenvalue weighted by atomic mass is 35.7. The number of amides is 4. The van der Waals surface area contributed by atoms with Gasteiger partial charge in [-0.25, -0.2) is 23.9 Å². The first-order chi connectivity index (χ1) is 16.7. The number of nitrogens with one attached hydrogen (secondary N) is 2. The Kier molecular flexibility index (Phi) is 11.6. The lowest BCUT2D eigenvalue weighted by Gasteiger charge is -2.44. The van der Waals surface area contributed by atoms with Crippen LogP contribution in [0.4, 0.5) is 14.4 Å². The van der Waals surface area contributed by atoms with Crippen LogP contribution in [0.5, 0.6) is 0 Å². The van der Waals surface area contributed by atoms with Gasteiger partial charge in [-0.2, -0.15) is 16.8 Å². The number of isocyanates is 1. The van der Waals surface area contributed by atoms with Crippen LogP contribution < -0.4 is 10.0 Å². The van der Waals surface area contributed by atoms with Gasteiger partial charge in [0.1, 0.15) is 25.3 Å². The number of methoxy groups -OCH3 is 1. The third-order valence-corrected chi connectivity index (χ3v) is 4.97. The first-order valence-electron chi connectivity index (χ1n) is 8.99. The van der Waals surface area contributed by atoms with Gasteiger partial charge in [0.25, 0.3) is 12.0 Å². The van der Waals surface area contributed by atoms with Gasteiger partial charge in [-0.3, -0.25) is 9.69 Å². The summed E-state index contributed by atoms with van der Waals surface area (Å²) < 4.78 is 58.6. The van der Waals surface area contributed by atoms with Crippen LogP contribution in [0.3, 0.4) is 0 Å². The van der Waals surface area contributed by atoms with Crippen LogP contribution in [0.25, 0.3) is 0 Å². The van der Waals surface area contributed by atoms with E-state index in [1.165, 1.54) is 4.72 Å². The Balaban J connectivity index is 0.000000809. The Morgan fingerprint density at radius 3 is 2.19 bits per heavy atom. The monoisotopic (exact) mass is 590 g/mol. The average Bonchev–Trinajstić information content (AvgIpc) is 2.77. The third-order valence-electron chi connectivity index (χ3n) is 3.82. The highest BCUT2D eigenvalue weighted by Crippen LogP contribution is 2.22. The van der Waals surface area contributed by atoms with Crippen LogP contribution in [0.2, 0.25) is 0 Å². The lowest BCUT2D eigenvalue weighted by molar-refractivity contribution is -0.147. The van der Waals surface area contributed by atoms with Crippen molar-refractivity contribution < 1.29 is 55.0 Å². The highest BCUT2D eigenvalue weighted by molar-refractivity contribution is 8.13. The van der Waals surface area contributed by atoms with Crippen molar-refractivity contribution in [2.24, 2.45) is 4.40 Å². The van der Waals surface area contributed by atoms with Crippen LogP contribution in [0.15, 0.2) is 34.7 Å². The number of rotatable bonds is 7.